The molecule has 2 unspecified atom stereocenters. The highest BCUT2D eigenvalue weighted by Crippen LogP contribution is 2.41. The molecule has 0 heterocycles. The number of aliphatic hydroxyl groups excluding tert-OH is 2. The van der Waals surface area contributed by atoms with Crippen LogP contribution in [0, 0.1) is 5.92 Å². The van der Waals surface area contributed by atoms with Crippen LogP contribution in [0.2, 0.25) is 0 Å². The van der Waals surface area contributed by atoms with Crippen LogP contribution in [0.15, 0.2) is 22.8 Å². The Kier molecular flexibility index (Phi) is 3.24. The van der Waals surface area contributed by atoms with Gasteiger partial charge in [-0.25, -0.2) is 13.2 Å². The summed E-state index contributed by atoms with van der Waals surface area (Å²) in [7, 11) is 0. The van der Waals surface area contributed by atoms with Crippen LogP contribution in [0.25, 0.3) is 0 Å². The number of hydrogen-bond acceptors (Lipinski definition) is 2. The van der Waals surface area contributed by atoms with Gasteiger partial charge in [-0.15, -0.1) is 0 Å². The van der Waals surface area contributed by atoms with Crippen molar-refractivity contribution < 1.29 is 23.4 Å². The lowest BCUT2D eigenvalue weighted by Crippen LogP contribution is -2.40. The van der Waals surface area contributed by atoms with Crippen LogP contribution in [0.1, 0.15) is 0 Å². The minimum atomic E-state index is -2.64. The van der Waals surface area contributed by atoms with E-state index in [1.54, 1.807) is 0 Å². The third kappa shape index (κ3) is 1.67. The maximum atomic E-state index is 13.6. The topological polar surface area (TPSA) is 40.5 Å². The molecule has 14 heavy (non-hydrogen) atoms. The van der Waals surface area contributed by atoms with E-state index in [9.17, 15) is 13.2 Å². The van der Waals surface area contributed by atoms with E-state index in [1.165, 1.54) is 0 Å². The van der Waals surface area contributed by atoms with Gasteiger partial charge in [0.15, 0.2) is 5.67 Å². The van der Waals surface area contributed by atoms with Gasteiger partial charge in [-0.1, -0.05) is 11.6 Å². The van der Waals surface area contributed by atoms with Gasteiger partial charge in [0.05, 0.1) is 19.1 Å². The second-order valence-electron chi connectivity index (χ2n) is 2.97. The van der Waals surface area contributed by atoms with E-state index in [4.69, 9.17) is 21.8 Å². The molecule has 2 atom stereocenters. The van der Waals surface area contributed by atoms with Crippen molar-refractivity contribution in [2.24, 2.45) is 5.92 Å². The van der Waals surface area contributed by atoms with Crippen molar-refractivity contribution in [3.8, 4) is 0 Å². The average Bonchev–Trinajstić information content (AvgIpc) is 2.15. The molecule has 2 N–H and O–H groups in total. The van der Waals surface area contributed by atoms with Crippen molar-refractivity contribution in [2.75, 3.05) is 13.2 Å². The van der Waals surface area contributed by atoms with Crippen LogP contribution < -0.4 is 0 Å². The molecular weight excluding hydrogens is 221 g/mol. The van der Waals surface area contributed by atoms with E-state index in [2.05, 4.69) is 0 Å². The fourth-order valence-corrected chi connectivity index (χ4v) is 1.43. The van der Waals surface area contributed by atoms with E-state index in [0.29, 0.717) is 6.08 Å². The number of halogens is 4. The Balaban J connectivity index is 3.17. The minimum absolute atomic E-state index is 0.374. The molecule has 1 aliphatic rings. The molecular formula is C8H8ClF3O2. The van der Waals surface area contributed by atoms with E-state index in [1.807, 2.05) is 0 Å². The molecule has 6 heteroatoms. The first kappa shape index (κ1) is 11.6. The molecule has 0 saturated carbocycles. The quantitative estimate of drug-likeness (QED) is 0.754. The third-order valence-corrected chi connectivity index (χ3v) is 2.46. The second kappa shape index (κ2) is 3.92. The first-order valence-electron chi connectivity index (χ1n) is 3.80. The summed E-state index contributed by atoms with van der Waals surface area (Å²) in [5.74, 6) is -4.21. The molecule has 0 amide bonds. The summed E-state index contributed by atoms with van der Waals surface area (Å²) >= 11 is 5.18. The Morgan fingerprint density at radius 1 is 1.43 bits per heavy atom. The highest BCUT2D eigenvalue weighted by Gasteiger charge is 2.44. The van der Waals surface area contributed by atoms with Gasteiger partial charge in [-0.2, -0.15) is 0 Å². The number of rotatable bonds is 2. The fraction of sp³-hybridized carbons (Fsp3) is 0.500. The molecule has 80 valence electrons. The van der Waals surface area contributed by atoms with Crippen molar-refractivity contribution in [3.63, 3.8) is 0 Å². The van der Waals surface area contributed by atoms with Gasteiger partial charge in [0.2, 0.25) is 0 Å². The maximum Gasteiger partial charge on any atom is 0.166 e. The van der Waals surface area contributed by atoms with Crippen LogP contribution >= 0.6 is 11.6 Å². The van der Waals surface area contributed by atoms with E-state index in [0.717, 1.165) is 0 Å². The first-order chi connectivity index (χ1) is 6.46. The molecule has 0 saturated heterocycles. The summed E-state index contributed by atoms with van der Waals surface area (Å²) in [6, 6.07) is 0. The van der Waals surface area contributed by atoms with Gasteiger partial charge in [0.25, 0.3) is 0 Å². The van der Waals surface area contributed by atoms with Crippen LogP contribution in [0.4, 0.5) is 13.2 Å². The average molecular weight is 229 g/mol. The molecule has 0 aromatic rings. The van der Waals surface area contributed by atoms with Crippen LogP contribution in [-0.4, -0.2) is 29.1 Å². The predicted octanol–water partition coefficient (Wildman–Crippen LogP) is 1.58. The lowest BCUT2D eigenvalue weighted by Gasteiger charge is -2.30. The Hall–Kier alpha value is -0.520. The molecule has 1 rings (SSSR count). The molecule has 0 radical (unpaired) electrons. The van der Waals surface area contributed by atoms with Crippen molar-refractivity contribution in [3.05, 3.63) is 22.8 Å². The predicted molar refractivity (Wildman–Crippen MR) is 44.7 cm³/mol. The fourth-order valence-electron chi connectivity index (χ4n) is 1.24. The largest absolute Gasteiger partial charge is 0.396 e. The SMILES string of the molecule is OCC1C(F)=C(Cl)C(F)=CC1(F)CO. The van der Waals surface area contributed by atoms with E-state index >= 15 is 0 Å². The minimum Gasteiger partial charge on any atom is -0.396 e. The van der Waals surface area contributed by atoms with Crippen LogP contribution in [0.5, 0.6) is 0 Å². The maximum absolute atomic E-state index is 13.6. The molecule has 0 spiro atoms. The summed E-state index contributed by atoms with van der Waals surface area (Å²) in [6.07, 6.45) is 0.374. The molecule has 0 bridgehead atoms. The molecule has 1 aliphatic carbocycles. The van der Waals surface area contributed by atoms with Crippen LogP contribution in [-0.2, 0) is 0 Å². The van der Waals surface area contributed by atoms with Gasteiger partial charge in [-0.3, -0.25) is 0 Å². The van der Waals surface area contributed by atoms with Gasteiger partial charge >= 0.3 is 0 Å². The second-order valence-corrected chi connectivity index (χ2v) is 3.35. The molecule has 0 aromatic carbocycles. The lowest BCUT2D eigenvalue weighted by atomic mass is 9.85. The normalized spacial score (nSPS) is 33.3. The Morgan fingerprint density at radius 2 is 2.00 bits per heavy atom. The van der Waals surface area contributed by atoms with Crippen LogP contribution in [0.3, 0.4) is 0 Å². The number of alkyl halides is 1. The third-order valence-electron chi connectivity index (χ3n) is 2.10. The zero-order valence-corrected chi connectivity index (χ0v) is 7.73. The molecule has 0 aliphatic heterocycles. The Bertz CT molecular complexity index is 303. The summed E-state index contributed by atoms with van der Waals surface area (Å²) in [4.78, 5) is 0. The van der Waals surface area contributed by atoms with Gasteiger partial charge in [-0.05, 0) is 6.08 Å². The zero-order chi connectivity index (χ0) is 10.9. The lowest BCUT2D eigenvalue weighted by molar-refractivity contribution is 0.0312. The van der Waals surface area contributed by atoms with Crippen molar-refractivity contribution >= 4 is 11.6 Å². The summed E-state index contributed by atoms with van der Waals surface area (Å²) in [6.45, 7) is -2.02. The van der Waals surface area contributed by atoms with Crippen molar-refractivity contribution in [1.82, 2.24) is 0 Å². The Morgan fingerprint density at radius 3 is 2.43 bits per heavy atom. The van der Waals surface area contributed by atoms with E-state index in [-0.39, 0.29) is 0 Å². The summed E-state index contributed by atoms with van der Waals surface area (Å²) < 4.78 is 39.5. The molecule has 0 fully saturated rings. The van der Waals surface area contributed by atoms with Gasteiger partial charge in [0, 0.05) is 0 Å². The zero-order valence-electron chi connectivity index (χ0n) is 6.98. The molecule has 2 nitrogen and oxygen atoms in total. The molecule has 0 aromatic heterocycles. The van der Waals surface area contributed by atoms with Crippen molar-refractivity contribution in [1.29, 1.82) is 0 Å². The Labute approximate surface area is 83.3 Å². The van der Waals surface area contributed by atoms with Gasteiger partial charge < -0.3 is 10.2 Å². The number of aliphatic hydroxyl groups is 2. The highest BCUT2D eigenvalue weighted by atomic mass is 35.5. The monoisotopic (exact) mass is 228 g/mol. The van der Waals surface area contributed by atoms with Crippen molar-refractivity contribution in [2.45, 2.75) is 5.67 Å². The summed E-state index contributed by atoms with van der Waals surface area (Å²) in [5, 5.41) is 16.5. The standard InChI is InChI=1S/C8H8ClF3O2/c9-6-5(10)1-8(12,3-14)4(2-13)7(6)11/h1,4,13-14H,2-3H2. The number of hydrogen-bond donors (Lipinski definition) is 2. The number of allylic oxidation sites excluding steroid dienone is 2. The smallest absolute Gasteiger partial charge is 0.166 e. The summed E-state index contributed by atoms with van der Waals surface area (Å²) in [5.41, 5.74) is -2.64. The van der Waals surface area contributed by atoms with Gasteiger partial charge in [0.1, 0.15) is 16.7 Å². The highest BCUT2D eigenvalue weighted by molar-refractivity contribution is 6.32. The van der Waals surface area contributed by atoms with E-state index < -0.39 is 41.5 Å². The first-order valence-corrected chi connectivity index (χ1v) is 4.18.